The molecule has 4 rings (SSSR count). The molecule has 2 amide bonds. The lowest BCUT2D eigenvalue weighted by Crippen LogP contribution is -2.80. The number of rotatable bonds is 6. The first kappa shape index (κ1) is 21.1. The number of nitrogens with one attached hydrogen (secondary N) is 1. The molecule has 8 nitrogen and oxygen atoms in total. The van der Waals surface area contributed by atoms with Crippen molar-refractivity contribution in [3.63, 3.8) is 0 Å². The van der Waals surface area contributed by atoms with Crippen LogP contribution in [0, 0.1) is 6.92 Å². The van der Waals surface area contributed by atoms with Gasteiger partial charge in [-0.25, -0.2) is 4.79 Å². The van der Waals surface area contributed by atoms with Crippen molar-refractivity contribution in [2.45, 2.75) is 36.4 Å². The number of amides is 2. The summed E-state index contributed by atoms with van der Waals surface area (Å²) in [5.41, 5.74) is -1.11. The lowest BCUT2D eigenvalue weighted by Gasteiger charge is -2.56. The van der Waals surface area contributed by atoms with Gasteiger partial charge in [0.2, 0.25) is 5.91 Å². The summed E-state index contributed by atoms with van der Waals surface area (Å²) in [4.78, 5) is 39.9. The molecule has 2 aliphatic rings. The highest BCUT2D eigenvalue weighted by Crippen LogP contribution is 2.51. The van der Waals surface area contributed by atoms with Crippen LogP contribution in [0.2, 0.25) is 0 Å². The van der Waals surface area contributed by atoms with Gasteiger partial charge in [0, 0.05) is 21.1 Å². The van der Waals surface area contributed by atoms with E-state index in [1.54, 1.807) is 6.92 Å². The van der Waals surface area contributed by atoms with Gasteiger partial charge in [-0.05, 0) is 25.3 Å². The molecule has 12 heteroatoms. The number of nitrogens with zero attached hydrogens (tertiary/aromatic N) is 3. The average molecular weight is 481 g/mol. The van der Waals surface area contributed by atoms with Gasteiger partial charge in [0.05, 0.1) is 6.42 Å². The zero-order valence-corrected chi connectivity index (χ0v) is 19.1. The Morgan fingerprint density at radius 1 is 1.43 bits per heavy atom. The van der Waals surface area contributed by atoms with Crippen LogP contribution in [0.5, 0.6) is 0 Å². The van der Waals surface area contributed by atoms with E-state index in [4.69, 9.17) is 12.2 Å². The SMILES string of the molecule is Cc1nnc(C2=C(C(=O)O)N3C(=O)C(C=S)(NC(=O)Cc4cccs4)[C@@H]3S[C@H]2C)s1. The number of carboxylic acid groups (broad SMARTS) is 1. The van der Waals surface area contributed by atoms with E-state index >= 15 is 0 Å². The van der Waals surface area contributed by atoms with E-state index in [2.05, 4.69) is 15.5 Å². The van der Waals surface area contributed by atoms with Crippen LogP contribution in [0.15, 0.2) is 23.2 Å². The Kier molecular flexibility index (Phi) is 5.51. The highest BCUT2D eigenvalue weighted by molar-refractivity contribution is 8.01. The Morgan fingerprint density at radius 3 is 2.77 bits per heavy atom. The Bertz CT molecular complexity index is 1080. The number of aryl methyl sites for hydroxylation is 1. The number of aromatic nitrogens is 2. The van der Waals surface area contributed by atoms with Crippen molar-refractivity contribution >= 4 is 75.4 Å². The van der Waals surface area contributed by atoms with E-state index in [1.165, 1.54) is 44.7 Å². The maximum absolute atomic E-state index is 13.2. The molecule has 2 aromatic rings. The van der Waals surface area contributed by atoms with Crippen LogP contribution < -0.4 is 5.32 Å². The van der Waals surface area contributed by atoms with E-state index < -0.39 is 22.8 Å². The van der Waals surface area contributed by atoms with Gasteiger partial charge in [0.25, 0.3) is 5.91 Å². The van der Waals surface area contributed by atoms with Crippen molar-refractivity contribution in [1.82, 2.24) is 20.4 Å². The van der Waals surface area contributed by atoms with Crippen LogP contribution in [0.4, 0.5) is 0 Å². The summed E-state index contributed by atoms with van der Waals surface area (Å²) in [6, 6.07) is 3.68. The number of thiophene rings is 1. The number of aliphatic carboxylic acids is 1. The van der Waals surface area contributed by atoms with Crippen molar-refractivity contribution in [1.29, 1.82) is 0 Å². The zero-order valence-electron chi connectivity index (χ0n) is 15.8. The molecular weight excluding hydrogens is 464 g/mol. The number of β-lactam (4-membered cyclic amide) rings is 1. The highest BCUT2D eigenvalue weighted by atomic mass is 32.2. The Balaban J connectivity index is 1.68. The first-order valence-corrected chi connectivity index (χ1v) is 12.0. The molecule has 30 heavy (non-hydrogen) atoms. The summed E-state index contributed by atoms with van der Waals surface area (Å²) in [6.07, 6.45) is 0.125. The molecule has 2 aromatic heterocycles. The summed E-state index contributed by atoms with van der Waals surface area (Å²) < 4.78 is 0. The molecule has 0 aromatic carbocycles. The Hall–Kier alpha value is -2.15. The molecule has 4 heterocycles. The molecule has 0 radical (unpaired) electrons. The topological polar surface area (TPSA) is 112 Å². The first-order chi connectivity index (χ1) is 14.3. The van der Waals surface area contributed by atoms with E-state index in [-0.39, 0.29) is 23.3 Å². The fraction of sp³-hybridized carbons (Fsp3) is 0.333. The van der Waals surface area contributed by atoms with Gasteiger partial charge < -0.3 is 10.4 Å². The van der Waals surface area contributed by atoms with Gasteiger partial charge in [0.1, 0.15) is 21.1 Å². The number of hydrogen-bond donors (Lipinski definition) is 2. The summed E-state index contributed by atoms with van der Waals surface area (Å²) in [6.45, 7) is 3.63. The molecule has 2 aliphatic heterocycles. The van der Waals surface area contributed by atoms with Crippen molar-refractivity contribution in [2.75, 3.05) is 0 Å². The molecule has 0 aliphatic carbocycles. The number of carboxylic acids is 1. The third-order valence-corrected chi connectivity index (χ3v) is 8.44. The maximum Gasteiger partial charge on any atom is 0.353 e. The maximum atomic E-state index is 13.2. The lowest BCUT2D eigenvalue weighted by atomic mass is 9.87. The van der Waals surface area contributed by atoms with Crippen LogP contribution in [-0.4, -0.2) is 59.5 Å². The minimum Gasteiger partial charge on any atom is -0.477 e. The molecule has 2 N–H and O–H groups in total. The van der Waals surface area contributed by atoms with Crippen LogP contribution >= 0.6 is 46.7 Å². The molecule has 0 saturated carbocycles. The third kappa shape index (κ3) is 3.27. The van der Waals surface area contributed by atoms with E-state index in [9.17, 15) is 19.5 Å². The predicted molar refractivity (Wildman–Crippen MR) is 119 cm³/mol. The Morgan fingerprint density at radius 2 is 2.20 bits per heavy atom. The van der Waals surface area contributed by atoms with Crippen molar-refractivity contribution < 1.29 is 19.5 Å². The standard InChI is InChI=1S/C18H16N4O4S4/c1-8-12(14-21-20-9(2)30-14)13(15(24)25)22-16(26)18(7-27,17(22)29-8)19-11(23)6-10-4-3-5-28-10/h3-5,7-8,17H,6H2,1-2H3,(H,19,23)(H,24,25)/t8-,17-,18?/m0/s1. The lowest BCUT2D eigenvalue weighted by molar-refractivity contribution is -0.153. The minimum atomic E-state index is -1.42. The molecule has 1 saturated heterocycles. The Labute approximate surface area is 189 Å². The molecule has 0 bridgehead atoms. The number of thioether (sulfide) groups is 1. The summed E-state index contributed by atoms with van der Waals surface area (Å²) >= 11 is 9.22. The first-order valence-electron chi connectivity index (χ1n) is 8.85. The quantitative estimate of drug-likeness (QED) is 0.478. The van der Waals surface area contributed by atoms with Crippen LogP contribution in [0.3, 0.4) is 0 Å². The van der Waals surface area contributed by atoms with E-state index in [0.717, 1.165) is 4.88 Å². The number of fused-ring (bicyclic) bond motifs is 1. The highest BCUT2D eigenvalue weighted by Gasteiger charge is 2.65. The molecular formula is C18H16N4O4S4. The predicted octanol–water partition coefficient (Wildman–Crippen LogP) is 2.10. The monoisotopic (exact) mass is 480 g/mol. The van der Waals surface area contributed by atoms with Gasteiger partial charge in [-0.15, -0.1) is 33.3 Å². The molecule has 1 fully saturated rings. The van der Waals surface area contributed by atoms with Gasteiger partial charge in [-0.3, -0.25) is 14.5 Å². The molecule has 1 unspecified atom stereocenters. The molecule has 156 valence electrons. The van der Waals surface area contributed by atoms with Gasteiger partial charge in [-0.2, -0.15) is 0 Å². The van der Waals surface area contributed by atoms with Crippen LogP contribution in [0.25, 0.3) is 5.57 Å². The second-order valence-corrected chi connectivity index (χ2v) is 10.7. The fourth-order valence-electron chi connectivity index (χ4n) is 3.52. The second kappa shape index (κ2) is 7.84. The summed E-state index contributed by atoms with van der Waals surface area (Å²) in [5.74, 6) is -2.13. The fourth-order valence-corrected chi connectivity index (χ4v) is 7.01. The normalized spacial score (nSPS) is 25.5. The molecule has 0 spiro atoms. The molecule has 3 atom stereocenters. The van der Waals surface area contributed by atoms with Gasteiger partial charge in [-0.1, -0.05) is 29.6 Å². The number of carbonyl (C=O) groups is 3. The van der Waals surface area contributed by atoms with Gasteiger partial charge in [0.15, 0.2) is 5.54 Å². The smallest absolute Gasteiger partial charge is 0.353 e. The number of hydrogen-bond acceptors (Lipinski definition) is 9. The summed E-state index contributed by atoms with van der Waals surface area (Å²) in [5, 5.41) is 24.1. The number of carbonyl (C=O) groups excluding carboxylic acids is 2. The number of thiocarbonyl (C=S) groups is 1. The van der Waals surface area contributed by atoms with Crippen LogP contribution in [-0.2, 0) is 20.8 Å². The zero-order chi connectivity index (χ0) is 21.6. The van der Waals surface area contributed by atoms with E-state index in [0.29, 0.717) is 15.6 Å². The van der Waals surface area contributed by atoms with Crippen molar-refractivity contribution in [2.24, 2.45) is 0 Å². The third-order valence-electron chi connectivity index (χ3n) is 4.84. The average Bonchev–Trinajstić information content (AvgIpc) is 3.36. The second-order valence-electron chi connectivity index (χ2n) is 6.79. The largest absolute Gasteiger partial charge is 0.477 e. The van der Waals surface area contributed by atoms with E-state index in [1.807, 2.05) is 24.4 Å². The van der Waals surface area contributed by atoms with Crippen LogP contribution in [0.1, 0.15) is 21.8 Å². The van der Waals surface area contributed by atoms with Crippen molar-refractivity contribution in [3.8, 4) is 0 Å². The van der Waals surface area contributed by atoms with Crippen molar-refractivity contribution in [3.05, 3.63) is 38.1 Å². The minimum absolute atomic E-state index is 0.125. The summed E-state index contributed by atoms with van der Waals surface area (Å²) in [7, 11) is 0. The van der Waals surface area contributed by atoms with Gasteiger partial charge >= 0.3 is 5.97 Å².